The highest BCUT2D eigenvalue weighted by molar-refractivity contribution is 7.59. The molecule has 2 aliphatic rings. The molecule has 3 aromatic rings. The third kappa shape index (κ3) is 4.33. The molecule has 10 nitrogen and oxygen atoms in total. The highest BCUT2D eigenvalue weighted by Gasteiger charge is 2.25. The molecule has 0 aliphatic carbocycles. The van der Waals surface area contributed by atoms with E-state index in [-0.39, 0.29) is 31.1 Å². The number of hydrogen-bond acceptors (Lipinski definition) is 8. The standard InChI is InChI=1S/C20H26N8O2.H2S/c1-26-10-13-9-15(18(24-17(13)25-26)27-6-3-2-4-7-27)22-19(29)16-12-30-20(23-16)28-8-5-14(21)11-28;/h9-10,12,14H,2-8,11,21H2,1H3,(H,22,29);1H2/t14-;/m0./s1. The molecule has 0 aromatic carbocycles. The van der Waals surface area contributed by atoms with Crippen molar-refractivity contribution in [2.75, 3.05) is 41.3 Å². The quantitative estimate of drug-likeness (QED) is 0.626. The van der Waals surface area contributed by atoms with Crippen molar-refractivity contribution in [3.63, 3.8) is 0 Å². The predicted octanol–water partition coefficient (Wildman–Crippen LogP) is 1.85. The van der Waals surface area contributed by atoms with Gasteiger partial charge in [-0.3, -0.25) is 9.48 Å². The second-order valence-electron chi connectivity index (χ2n) is 8.09. The fourth-order valence-electron chi connectivity index (χ4n) is 4.16. The van der Waals surface area contributed by atoms with Crippen molar-refractivity contribution in [2.45, 2.75) is 31.7 Å². The number of rotatable bonds is 4. The van der Waals surface area contributed by atoms with Crippen LogP contribution in [0.1, 0.15) is 36.2 Å². The van der Waals surface area contributed by atoms with E-state index in [0.717, 1.165) is 50.1 Å². The second kappa shape index (κ2) is 8.75. The van der Waals surface area contributed by atoms with Gasteiger partial charge in [-0.1, -0.05) is 0 Å². The number of amides is 1. The summed E-state index contributed by atoms with van der Waals surface area (Å²) in [7, 11) is 1.86. The molecular formula is C20H28N8O2S. The van der Waals surface area contributed by atoms with E-state index in [4.69, 9.17) is 15.1 Å². The normalized spacial score (nSPS) is 19.0. The van der Waals surface area contributed by atoms with Crippen LogP contribution in [0.25, 0.3) is 11.0 Å². The molecule has 2 fully saturated rings. The fraction of sp³-hybridized carbons (Fsp3) is 0.500. The Morgan fingerprint density at radius 1 is 1.19 bits per heavy atom. The minimum Gasteiger partial charge on any atom is -0.431 e. The Bertz CT molecular complexity index is 1070. The molecule has 3 N–H and O–H groups in total. The summed E-state index contributed by atoms with van der Waals surface area (Å²) in [5, 5.41) is 8.29. The number of aryl methyl sites for hydroxylation is 1. The molecule has 0 bridgehead atoms. The topological polar surface area (TPSA) is 118 Å². The number of fused-ring (bicyclic) bond motifs is 1. The first kappa shape index (κ1) is 21.4. The zero-order valence-electron chi connectivity index (χ0n) is 17.5. The largest absolute Gasteiger partial charge is 0.431 e. The van der Waals surface area contributed by atoms with Crippen LogP contribution in [0.5, 0.6) is 0 Å². The third-order valence-corrected chi connectivity index (χ3v) is 5.71. The van der Waals surface area contributed by atoms with Crippen LogP contribution in [-0.4, -0.2) is 57.9 Å². The van der Waals surface area contributed by atoms with E-state index in [2.05, 4.69) is 20.3 Å². The number of carbonyl (C=O) groups is 1. The number of aromatic nitrogens is 4. The summed E-state index contributed by atoms with van der Waals surface area (Å²) in [5.74, 6) is 0.431. The molecule has 1 amide bonds. The van der Waals surface area contributed by atoms with E-state index in [0.29, 0.717) is 23.9 Å². The molecule has 166 valence electrons. The number of carbonyl (C=O) groups excluding carboxylic acids is 1. The molecule has 0 saturated carbocycles. The highest BCUT2D eigenvalue weighted by atomic mass is 32.1. The lowest BCUT2D eigenvalue weighted by atomic mass is 10.1. The molecule has 0 radical (unpaired) electrons. The van der Waals surface area contributed by atoms with Crippen molar-refractivity contribution in [1.82, 2.24) is 19.7 Å². The summed E-state index contributed by atoms with van der Waals surface area (Å²) in [4.78, 5) is 26.2. The average Bonchev–Trinajstić information content (AvgIpc) is 3.46. The Labute approximate surface area is 187 Å². The molecule has 1 atom stereocenters. The van der Waals surface area contributed by atoms with Gasteiger partial charge in [-0.2, -0.15) is 23.6 Å². The van der Waals surface area contributed by atoms with Gasteiger partial charge in [0.05, 0.1) is 5.69 Å². The Hall–Kier alpha value is -2.79. The Morgan fingerprint density at radius 2 is 2.00 bits per heavy atom. The van der Waals surface area contributed by atoms with Gasteiger partial charge in [0.1, 0.15) is 6.26 Å². The minimum absolute atomic E-state index is 0. The summed E-state index contributed by atoms with van der Waals surface area (Å²) in [5.41, 5.74) is 7.53. The van der Waals surface area contributed by atoms with Gasteiger partial charge in [-0.25, -0.2) is 4.98 Å². The van der Waals surface area contributed by atoms with E-state index in [9.17, 15) is 4.79 Å². The fourth-order valence-corrected chi connectivity index (χ4v) is 4.16. The van der Waals surface area contributed by atoms with Crippen molar-refractivity contribution in [3.05, 3.63) is 24.2 Å². The maximum Gasteiger partial charge on any atom is 0.298 e. The molecule has 0 spiro atoms. The summed E-state index contributed by atoms with van der Waals surface area (Å²) in [6, 6.07) is 2.47. The van der Waals surface area contributed by atoms with Crippen molar-refractivity contribution in [1.29, 1.82) is 0 Å². The molecule has 2 saturated heterocycles. The number of oxazole rings is 1. The van der Waals surface area contributed by atoms with Gasteiger partial charge in [-0.15, -0.1) is 0 Å². The molecular weight excluding hydrogens is 416 g/mol. The van der Waals surface area contributed by atoms with Gasteiger partial charge >= 0.3 is 0 Å². The average molecular weight is 445 g/mol. The van der Waals surface area contributed by atoms with Gasteiger partial charge < -0.3 is 25.3 Å². The van der Waals surface area contributed by atoms with Crippen molar-refractivity contribution in [3.8, 4) is 0 Å². The van der Waals surface area contributed by atoms with Crippen LogP contribution in [0.2, 0.25) is 0 Å². The van der Waals surface area contributed by atoms with Gasteiger partial charge in [-0.05, 0) is 31.7 Å². The number of nitrogens with zero attached hydrogens (tertiary/aromatic N) is 6. The SMILES string of the molecule is Cn1cc2cc(NC(=O)c3coc(N4CC[C@H](N)C4)n3)c(N3CCCCC3)nc2n1.S. The van der Waals surface area contributed by atoms with Crippen LogP contribution in [-0.2, 0) is 7.05 Å². The van der Waals surface area contributed by atoms with Gasteiger partial charge in [0, 0.05) is 50.9 Å². The smallest absolute Gasteiger partial charge is 0.298 e. The number of hydrogen-bond donors (Lipinski definition) is 2. The first-order valence-corrected chi connectivity index (χ1v) is 10.4. The number of piperidine rings is 1. The summed E-state index contributed by atoms with van der Waals surface area (Å²) < 4.78 is 7.27. The molecule has 0 unspecified atom stereocenters. The van der Waals surface area contributed by atoms with Crippen molar-refractivity contribution >= 4 is 48.0 Å². The van der Waals surface area contributed by atoms with Gasteiger partial charge in [0.25, 0.3) is 11.9 Å². The van der Waals surface area contributed by atoms with E-state index < -0.39 is 0 Å². The highest BCUT2D eigenvalue weighted by Crippen LogP contribution is 2.30. The zero-order chi connectivity index (χ0) is 20.7. The lowest BCUT2D eigenvalue weighted by Gasteiger charge is -2.29. The monoisotopic (exact) mass is 444 g/mol. The van der Waals surface area contributed by atoms with Crippen LogP contribution in [0.3, 0.4) is 0 Å². The minimum atomic E-state index is -0.322. The molecule has 5 rings (SSSR count). The van der Waals surface area contributed by atoms with Crippen LogP contribution in [0, 0.1) is 0 Å². The lowest BCUT2D eigenvalue weighted by Crippen LogP contribution is -2.31. The van der Waals surface area contributed by atoms with Crippen LogP contribution < -0.4 is 20.9 Å². The zero-order valence-corrected chi connectivity index (χ0v) is 18.5. The maximum atomic E-state index is 12.9. The molecule has 31 heavy (non-hydrogen) atoms. The van der Waals surface area contributed by atoms with E-state index in [1.807, 2.05) is 24.2 Å². The van der Waals surface area contributed by atoms with Crippen LogP contribution in [0.15, 0.2) is 22.9 Å². The first-order valence-electron chi connectivity index (χ1n) is 10.4. The number of anilines is 3. The van der Waals surface area contributed by atoms with Gasteiger partial charge in [0.2, 0.25) is 0 Å². The molecule has 2 aliphatic heterocycles. The Balaban J connectivity index is 0.00000231. The first-order chi connectivity index (χ1) is 14.6. The number of nitrogens with two attached hydrogens (primary N) is 1. The second-order valence-corrected chi connectivity index (χ2v) is 8.09. The number of nitrogens with one attached hydrogen (secondary N) is 1. The molecule has 5 heterocycles. The molecule has 11 heteroatoms. The summed E-state index contributed by atoms with van der Waals surface area (Å²) >= 11 is 0. The Morgan fingerprint density at radius 3 is 2.74 bits per heavy atom. The van der Waals surface area contributed by atoms with Crippen LogP contribution >= 0.6 is 13.5 Å². The Kier molecular flexibility index (Phi) is 6.05. The molecule has 3 aromatic heterocycles. The van der Waals surface area contributed by atoms with E-state index in [1.165, 1.54) is 12.7 Å². The van der Waals surface area contributed by atoms with Crippen molar-refractivity contribution in [2.24, 2.45) is 12.8 Å². The maximum absolute atomic E-state index is 12.9. The van der Waals surface area contributed by atoms with Crippen molar-refractivity contribution < 1.29 is 9.21 Å². The lowest BCUT2D eigenvalue weighted by molar-refractivity contribution is 0.102. The summed E-state index contributed by atoms with van der Waals surface area (Å²) in [6.07, 6.45) is 7.61. The van der Waals surface area contributed by atoms with E-state index >= 15 is 0 Å². The van der Waals surface area contributed by atoms with Gasteiger partial charge in [0.15, 0.2) is 17.2 Å². The predicted molar refractivity (Wildman–Crippen MR) is 124 cm³/mol. The third-order valence-electron chi connectivity index (χ3n) is 5.71. The van der Waals surface area contributed by atoms with Crippen LogP contribution in [0.4, 0.5) is 17.5 Å². The number of pyridine rings is 1. The summed E-state index contributed by atoms with van der Waals surface area (Å²) in [6.45, 7) is 3.29. The van der Waals surface area contributed by atoms with E-state index in [1.54, 1.807) is 4.68 Å².